The summed E-state index contributed by atoms with van der Waals surface area (Å²) in [7, 11) is -4.03. The second-order valence-electron chi connectivity index (χ2n) is 3.76. The number of sulfone groups is 1. The molecule has 0 amide bonds. The molecule has 0 radical (unpaired) electrons. The van der Waals surface area contributed by atoms with Crippen LogP contribution >= 0.6 is 0 Å². The molecule has 0 spiro atoms. The molecule has 0 unspecified atom stereocenters. The van der Waals surface area contributed by atoms with Crippen molar-refractivity contribution < 1.29 is 31.5 Å². The third-order valence-corrected chi connectivity index (χ3v) is 3.59. The maximum absolute atomic E-state index is 12.4. The maximum Gasteiger partial charge on any atom is 0.435 e. The number of carboxylic acid groups (broad SMARTS) is 1. The first-order chi connectivity index (χ1) is 8.55. The van der Waals surface area contributed by atoms with Crippen LogP contribution in [0.25, 0.3) is 0 Å². The van der Waals surface area contributed by atoms with E-state index in [1.54, 1.807) is 0 Å². The average molecular weight is 300 g/mol. The number of nitrogens with zero attached hydrogens (tertiary/aromatic N) is 2. The fourth-order valence-electron chi connectivity index (χ4n) is 1.45. The highest BCUT2D eigenvalue weighted by Crippen LogP contribution is 2.29. The highest BCUT2D eigenvalue weighted by molar-refractivity contribution is 7.91. The Bertz CT molecular complexity index is 577. The number of carboxylic acids is 1. The van der Waals surface area contributed by atoms with E-state index in [1.165, 1.54) is 6.92 Å². The van der Waals surface area contributed by atoms with Gasteiger partial charge in [-0.1, -0.05) is 0 Å². The van der Waals surface area contributed by atoms with E-state index in [0.717, 1.165) is 4.68 Å². The van der Waals surface area contributed by atoms with E-state index in [1.807, 2.05) is 0 Å². The molecule has 10 heteroatoms. The molecule has 0 atom stereocenters. The number of halogens is 3. The van der Waals surface area contributed by atoms with Gasteiger partial charge < -0.3 is 5.11 Å². The molecule has 1 aromatic rings. The molecule has 108 valence electrons. The summed E-state index contributed by atoms with van der Waals surface area (Å²) in [6, 6.07) is 0.614. The first-order valence-electron chi connectivity index (χ1n) is 5.11. The van der Waals surface area contributed by atoms with Crippen LogP contribution in [0.3, 0.4) is 0 Å². The predicted octanol–water partition coefficient (Wildman–Crippen LogP) is 0.921. The molecule has 19 heavy (non-hydrogen) atoms. The Morgan fingerprint density at radius 3 is 2.47 bits per heavy atom. The number of hydrogen-bond donors (Lipinski definition) is 1. The number of hydrogen-bond acceptors (Lipinski definition) is 4. The van der Waals surface area contributed by atoms with Gasteiger partial charge in [0.05, 0.1) is 11.4 Å². The van der Waals surface area contributed by atoms with E-state index < -0.39 is 39.2 Å². The van der Waals surface area contributed by atoms with Gasteiger partial charge in [0.1, 0.15) is 5.75 Å². The Kier molecular flexibility index (Phi) is 4.23. The van der Waals surface area contributed by atoms with Gasteiger partial charge in [0.25, 0.3) is 0 Å². The molecule has 0 bridgehead atoms. The van der Waals surface area contributed by atoms with Crippen LogP contribution in [0.15, 0.2) is 6.07 Å². The van der Waals surface area contributed by atoms with E-state index in [4.69, 9.17) is 5.11 Å². The number of aromatic nitrogens is 2. The van der Waals surface area contributed by atoms with Gasteiger partial charge in [0.15, 0.2) is 15.5 Å². The molecule has 0 aliphatic carbocycles. The summed E-state index contributed by atoms with van der Waals surface area (Å²) < 4.78 is 61.1. The van der Waals surface area contributed by atoms with Gasteiger partial charge in [-0.25, -0.2) is 8.42 Å². The zero-order valence-electron chi connectivity index (χ0n) is 9.81. The number of alkyl halides is 3. The lowest BCUT2D eigenvalue weighted by Gasteiger charge is -2.04. The summed E-state index contributed by atoms with van der Waals surface area (Å²) in [5.74, 6) is -3.49. The number of carbonyl (C=O) groups is 1. The molecule has 0 fully saturated rings. The molecule has 1 heterocycles. The summed E-state index contributed by atoms with van der Waals surface area (Å²) >= 11 is 0. The van der Waals surface area contributed by atoms with E-state index in [9.17, 15) is 26.4 Å². The van der Waals surface area contributed by atoms with Crippen molar-refractivity contribution in [1.82, 2.24) is 9.78 Å². The minimum Gasteiger partial charge on any atom is -0.480 e. The van der Waals surface area contributed by atoms with Crippen LogP contribution in [0, 0.1) is 0 Å². The van der Waals surface area contributed by atoms with Crippen molar-refractivity contribution in [2.45, 2.75) is 25.4 Å². The molecule has 0 aliphatic rings. The highest BCUT2D eigenvalue weighted by atomic mass is 32.2. The number of aryl methyl sites for hydroxylation is 1. The third-order valence-electron chi connectivity index (χ3n) is 2.16. The van der Waals surface area contributed by atoms with Gasteiger partial charge in [0.2, 0.25) is 0 Å². The summed E-state index contributed by atoms with van der Waals surface area (Å²) in [4.78, 5) is 10.3. The van der Waals surface area contributed by atoms with E-state index in [-0.39, 0.29) is 12.2 Å². The van der Waals surface area contributed by atoms with Gasteiger partial charge in [-0.2, -0.15) is 18.3 Å². The second-order valence-corrected chi connectivity index (χ2v) is 5.82. The van der Waals surface area contributed by atoms with Crippen LogP contribution < -0.4 is 0 Å². The molecule has 0 aliphatic heterocycles. The fourth-order valence-corrected chi connectivity index (χ4v) is 2.61. The molecule has 0 saturated heterocycles. The maximum atomic E-state index is 12.4. The first-order valence-corrected chi connectivity index (χ1v) is 6.93. The predicted molar refractivity (Wildman–Crippen MR) is 58.0 cm³/mol. The van der Waals surface area contributed by atoms with Gasteiger partial charge in [-0.05, 0) is 13.0 Å². The Hall–Kier alpha value is -1.58. The van der Waals surface area contributed by atoms with Crippen molar-refractivity contribution in [2.24, 2.45) is 0 Å². The van der Waals surface area contributed by atoms with Crippen molar-refractivity contribution in [3.8, 4) is 0 Å². The summed E-state index contributed by atoms with van der Waals surface area (Å²) in [6.07, 6.45) is -4.67. The van der Waals surface area contributed by atoms with Crippen molar-refractivity contribution >= 4 is 15.8 Å². The first kappa shape index (κ1) is 15.5. The second kappa shape index (κ2) is 5.19. The molecular formula is C9H11F3N2O4S. The average Bonchev–Trinajstić information content (AvgIpc) is 2.57. The van der Waals surface area contributed by atoms with Crippen molar-refractivity contribution in [2.75, 3.05) is 5.75 Å². The van der Waals surface area contributed by atoms with Crippen LogP contribution in [0.2, 0.25) is 0 Å². The zero-order chi connectivity index (χ0) is 14.8. The number of rotatable bonds is 5. The van der Waals surface area contributed by atoms with E-state index in [0.29, 0.717) is 6.07 Å². The molecular weight excluding hydrogens is 289 g/mol. The lowest BCUT2D eigenvalue weighted by Crippen LogP contribution is -2.18. The lowest BCUT2D eigenvalue weighted by atomic mass is 10.3. The van der Waals surface area contributed by atoms with Crippen LogP contribution in [0.4, 0.5) is 13.2 Å². The van der Waals surface area contributed by atoms with Crippen LogP contribution in [-0.2, 0) is 33.1 Å². The lowest BCUT2D eigenvalue weighted by molar-refractivity contribution is -0.141. The van der Waals surface area contributed by atoms with Crippen molar-refractivity contribution in [3.63, 3.8) is 0 Å². The topological polar surface area (TPSA) is 89.3 Å². The Morgan fingerprint density at radius 1 is 1.47 bits per heavy atom. The third kappa shape index (κ3) is 4.23. The molecule has 1 rings (SSSR count). The van der Waals surface area contributed by atoms with Crippen LogP contribution in [-0.4, -0.2) is 35.0 Å². The molecule has 6 nitrogen and oxygen atoms in total. The standard InChI is InChI=1S/C9H11F3N2O4S/c1-2-14-6(3-7(13-14)9(10,11)12)4-19(17,18)5-8(15)16/h3H,2,4-5H2,1H3,(H,15,16). The van der Waals surface area contributed by atoms with Crippen molar-refractivity contribution in [1.29, 1.82) is 0 Å². The van der Waals surface area contributed by atoms with E-state index >= 15 is 0 Å². The van der Waals surface area contributed by atoms with Gasteiger partial charge in [-0.3, -0.25) is 9.48 Å². The smallest absolute Gasteiger partial charge is 0.435 e. The monoisotopic (exact) mass is 300 g/mol. The highest BCUT2D eigenvalue weighted by Gasteiger charge is 2.35. The zero-order valence-corrected chi connectivity index (χ0v) is 10.6. The Balaban J connectivity index is 3.08. The van der Waals surface area contributed by atoms with Gasteiger partial charge in [-0.15, -0.1) is 0 Å². The van der Waals surface area contributed by atoms with E-state index in [2.05, 4.69) is 5.10 Å². The molecule has 1 N–H and O–H groups in total. The largest absolute Gasteiger partial charge is 0.480 e. The van der Waals surface area contributed by atoms with Crippen LogP contribution in [0.5, 0.6) is 0 Å². The SMILES string of the molecule is CCn1nc(C(F)(F)F)cc1CS(=O)(=O)CC(=O)O. The fraction of sp³-hybridized carbons (Fsp3) is 0.556. The molecule has 1 aromatic heterocycles. The Labute approximate surface area is 106 Å². The quantitative estimate of drug-likeness (QED) is 0.873. The van der Waals surface area contributed by atoms with Gasteiger partial charge in [0, 0.05) is 6.54 Å². The Morgan fingerprint density at radius 2 is 2.05 bits per heavy atom. The minimum absolute atomic E-state index is 0.0496. The summed E-state index contributed by atoms with van der Waals surface area (Å²) in [6.45, 7) is 1.55. The molecule has 0 saturated carbocycles. The minimum atomic E-state index is -4.67. The van der Waals surface area contributed by atoms with Crippen LogP contribution in [0.1, 0.15) is 18.3 Å². The molecule has 0 aromatic carbocycles. The van der Waals surface area contributed by atoms with Gasteiger partial charge >= 0.3 is 12.1 Å². The van der Waals surface area contributed by atoms with Crippen molar-refractivity contribution in [3.05, 3.63) is 17.5 Å². The normalized spacial score (nSPS) is 12.6. The summed E-state index contributed by atoms with van der Waals surface area (Å²) in [5, 5.41) is 11.6. The number of aliphatic carboxylic acids is 1. The summed E-state index contributed by atoms with van der Waals surface area (Å²) in [5.41, 5.74) is -1.38.